The van der Waals surface area contributed by atoms with Gasteiger partial charge in [0.15, 0.2) is 0 Å². The van der Waals surface area contributed by atoms with Gasteiger partial charge < -0.3 is 10.7 Å². The summed E-state index contributed by atoms with van der Waals surface area (Å²) >= 11 is 0. The Bertz CT molecular complexity index is 421. The monoisotopic (exact) mass is 249 g/mol. The average Bonchev–Trinajstić information content (AvgIpc) is 2.86. The Kier molecular flexibility index (Phi) is 4.96. The van der Waals surface area contributed by atoms with E-state index in [1.165, 1.54) is 18.4 Å². The Balaban J connectivity index is 2.07. The summed E-state index contributed by atoms with van der Waals surface area (Å²) in [5, 5.41) is 0. The topological polar surface area (TPSA) is 62.1 Å². The summed E-state index contributed by atoms with van der Waals surface area (Å²) in [6, 6.07) is 2.05. The molecule has 3 N–H and O–H groups in total. The third-order valence-corrected chi connectivity index (χ3v) is 3.63. The molecular formula is C14H23N3O. The van der Waals surface area contributed by atoms with Crippen LogP contribution in [0, 0.1) is 0 Å². The standard InChI is InChI=1S/C14H23N3O/c15-7-2-1-5-13-12(6-8-16-14(13)18)11-17-9-3-4-10-17/h6,8H,1-5,7,9-11,15H2,(H,16,18). The minimum absolute atomic E-state index is 0.0729. The summed E-state index contributed by atoms with van der Waals surface area (Å²) in [5.41, 5.74) is 7.73. The zero-order chi connectivity index (χ0) is 12.8. The van der Waals surface area contributed by atoms with E-state index in [-0.39, 0.29) is 5.56 Å². The van der Waals surface area contributed by atoms with Gasteiger partial charge in [-0.25, -0.2) is 0 Å². The third kappa shape index (κ3) is 3.43. The van der Waals surface area contributed by atoms with E-state index in [2.05, 4.69) is 16.0 Å². The molecule has 2 heterocycles. The number of hydrogen-bond acceptors (Lipinski definition) is 3. The van der Waals surface area contributed by atoms with E-state index in [0.717, 1.165) is 44.5 Å². The van der Waals surface area contributed by atoms with Crippen molar-refractivity contribution in [3.63, 3.8) is 0 Å². The van der Waals surface area contributed by atoms with Gasteiger partial charge in [0.1, 0.15) is 0 Å². The number of aromatic nitrogens is 1. The third-order valence-electron chi connectivity index (χ3n) is 3.63. The number of hydrogen-bond donors (Lipinski definition) is 2. The Labute approximate surface area is 108 Å². The van der Waals surface area contributed by atoms with Crippen LogP contribution >= 0.6 is 0 Å². The van der Waals surface area contributed by atoms with Gasteiger partial charge in [-0.15, -0.1) is 0 Å². The summed E-state index contributed by atoms with van der Waals surface area (Å²) in [7, 11) is 0. The number of H-pyrrole nitrogens is 1. The van der Waals surface area contributed by atoms with E-state index in [1.54, 1.807) is 6.20 Å². The normalized spacial score (nSPS) is 16.3. The molecule has 0 aromatic carbocycles. The summed E-state index contributed by atoms with van der Waals surface area (Å²) in [6.07, 6.45) is 7.15. The molecular weight excluding hydrogens is 226 g/mol. The second-order valence-electron chi connectivity index (χ2n) is 5.04. The maximum atomic E-state index is 11.9. The molecule has 2 rings (SSSR count). The van der Waals surface area contributed by atoms with E-state index in [4.69, 9.17) is 5.73 Å². The molecule has 1 aromatic rings. The van der Waals surface area contributed by atoms with Gasteiger partial charge in [-0.2, -0.15) is 0 Å². The molecule has 0 aliphatic carbocycles. The van der Waals surface area contributed by atoms with Gasteiger partial charge >= 0.3 is 0 Å². The average molecular weight is 249 g/mol. The first-order valence-corrected chi connectivity index (χ1v) is 6.93. The lowest BCUT2D eigenvalue weighted by atomic mass is 10.0. The van der Waals surface area contributed by atoms with Crippen LogP contribution in [0.2, 0.25) is 0 Å². The Morgan fingerprint density at radius 3 is 2.78 bits per heavy atom. The molecule has 1 aliphatic rings. The van der Waals surface area contributed by atoms with Crippen LogP contribution in [0.5, 0.6) is 0 Å². The first-order valence-electron chi connectivity index (χ1n) is 6.93. The highest BCUT2D eigenvalue weighted by Crippen LogP contribution is 2.15. The van der Waals surface area contributed by atoms with Crippen molar-refractivity contribution in [1.29, 1.82) is 0 Å². The van der Waals surface area contributed by atoms with Crippen molar-refractivity contribution in [2.75, 3.05) is 19.6 Å². The molecule has 1 saturated heterocycles. The summed E-state index contributed by atoms with van der Waals surface area (Å²) in [4.78, 5) is 17.1. The van der Waals surface area contributed by atoms with Crippen molar-refractivity contribution < 1.29 is 0 Å². The SMILES string of the molecule is NCCCCc1c(CN2CCCC2)cc[nH]c1=O. The fourth-order valence-electron chi connectivity index (χ4n) is 2.60. The molecule has 0 unspecified atom stereocenters. The summed E-state index contributed by atoms with van der Waals surface area (Å²) < 4.78 is 0. The zero-order valence-electron chi connectivity index (χ0n) is 11.0. The lowest BCUT2D eigenvalue weighted by Crippen LogP contribution is -2.23. The van der Waals surface area contributed by atoms with Crippen molar-refractivity contribution in [1.82, 2.24) is 9.88 Å². The molecule has 0 saturated carbocycles. The summed E-state index contributed by atoms with van der Waals surface area (Å²) in [6.45, 7) is 3.94. The number of unbranched alkanes of at least 4 members (excludes halogenated alkanes) is 1. The molecule has 0 bridgehead atoms. The van der Waals surface area contributed by atoms with Crippen molar-refractivity contribution in [3.8, 4) is 0 Å². The molecule has 18 heavy (non-hydrogen) atoms. The number of rotatable bonds is 6. The van der Waals surface area contributed by atoms with Crippen LogP contribution in [-0.2, 0) is 13.0 Å². The van der Waals surface area contributed by atoms with Gasteiger partial charge in [-0.05, 0) is 63.4 Å². The highest BCUT2D eigenvalue weighted by Gasteiger charge is 2.14. The first-order chi connectivity index (χ1) is 8.81. The predicted molar refractivity (Wildman–Crippen MR) is 73.6 cm³/mol. The largest absolute Gasteiger partial charge is 0.330 e. The number of pyridine rings is 1. The molecule has 0 spiro atoms. The van der Waals surface area contributed by atoms with Crippen molar-refractivity contribution >= 4 is 0 Å². The van der Waals surface area contributed by atoms with Crippen molar-refractivity contribution in [2.24, 2.45) is 5.73 Å². The molecule has 0 radical (unpaired) electrons. The van der Waals surface area contributed by atoms with Crippen LogP contribution in [0.1, 0.15) is 36.8 Å². The molecule has 4 heteroatoms. The minimum atomic E-state index is 0.0729. The van der Waals surface area contributed by atoms with Crippen LogP contribution in [0.3, 0.4) is 0 Å². The quantitative estimate of drug-likeness (QED) is 0.746. The Morgan fingerprint density at radius 1 is 1.28 bits per heavy atom. The van der Waals surface area contributed by atoms with Gasteiger partial charge in [0.05, 0.1) is 0 Å². The smallest absolute Gasteiger partial charge is 0.251 e. The van der Waals surface area contributed by atoms with E-state index >= 15 is 0 Å². The second kappa shape index (κ2) is 6.71. The van der Waals surface area contributed by atoms with Crippen LogP contribution in [0.4, 0.5) is 0 Å². The maximum Gasteiger partial charge on any atom is 0.251 e. The van der Waals surface area contributed by atoms with Gasteiger partial charge in [-0.1, -0.05) is 0 Å². The number of nitrogens with zero attached hydrogens (tertiary/aromatic N) is 1. The fraction of sp³-hybridized carbons (Fsp3) is 0.643. The molecule has 0 atom stereocenters. The predicted octanol–water partition coefficient (Wildman–Crippen LogP) is 1.25. The van der Waals surface area contributed by atoms with E-state index in [0.29, 0.717) is 6.54 Å². The highest BCUT2D eigenvalue weighted by molar-refractivity contribution is 5.23. The van der Waals surface area contributed by atoms with Crippen LogP contribution in [0.15, 0.2) is 17.1 Å². The van der Waals surface area contributed by atoms with Gasteiger partial charge in [0, 0.05) is 18.3 Å². The van der Waals surface area contributed by atoms with Gasteiger partial charge in [0.25, 0.3) is 5.56 Å². The van der Waals surface area contributed by atoms with Gasteiger partial charge in [0.2, 0.25) is 0 Å². The first kappa shape index (κ1) is 13.3. The molecule has 1 aliphatic heterocycles. The molecule has 1 aromatic heterocycles. The summed E-state index contributed by atoms with van der Waals surface area (Å²) in [5.74, 6) is 0. The molecule has 1 fully saturated rings. The van der Waals surface area contributed by atoms with Crippen molar-refractivity contribution in [3.05, 3.63) is 33.7 Å². The molecule has 0 amide bonds. The molecule has 100 valence electrons. The van der Waals surface area contributed by atoms with Crippen LogP contribution in [0.25, 0.3) is 0 Å². The Hall–Kier alpha value is -1.13. The van der Waals surface area contributed by atoms with E-state index in [9.17, 15) is 4.79 Å². The number of aromatic amines is 1. The van der Waals surface area contributed by atoms with Crippen LogP contribution in [-0.4, -0.2) is 29.5 Å². The zero-order valence-corrected chi connectivity index (χ0v) is 11.0. The fourth-order valence-corrected chi connectivity index (χ4v) is 2.60. The maximum absolute atomic E-state index is 11.9. The number of nitrogens with one attached hydrogen (secondary N) is 1. The van der Waals surface area contributed by atoms with E-state index < -0.39 is 0 Å². The van der Waals surface area contributed by atoms with Gasteiger partial charge in [-0.3, -0.25) is 9.69 Å². The second-order valence-corrected chi connectivity index (χ2v) is 5.04. The molecule has 4 nitrogen and oxygen atoms in total. The van der Waals surface area contributed by atoms with Crippen LogP contribution < -0.4 is 11.3 Å². The number of likely N-dealkylation sites (tertiary alicyclic amines) is 1. The number of nitrogens with two attached hydrogens (primary N) is 1. The lowest BCUT2D eigenvalue weighted by molar-refractivity contribution is 0.330. The highest BCUT2D eigenvalue weighted by atomic mass is 16.1. The lowest BCUT2D eigenvalue weighted by Gasteiger charge is -2.16. The Morgan fingerprint density at radius 2 is 2.06 bits per heavy atom. The van der Waals surface area contributed by atoms with E-state index in [1.807, 2.05) is 0 Å². The van der Waals surface area contributed by atoms with Crippen molar-refractivity contribution in [2.45, 2.75) is 38.6 Å². The minimum Gasteiger partial charge on any atom is -0.330 e.